The first kappa shape index (κ1) is 18.8. The molecule has 0 aliphatic rings. The van der Waals surface area contributed by atoms with Gasteiger partial charge in [-0.15, -0.1) is 0 Å². The highest BCUT2D eigenvalue weighted by Gasteiger charge is 2.14. The number of nitrogens with one attached hydrogen (secondary N) is 4. The molecular formula is C23H21N7O. The topological polar surface area (TPSA) is 111 Å². The van der Waals surface area contributed by atoms with Crippen molar-refractivity contribution in [1.82, 2.24) is 30.5 Å². The summed E-state index contributed by atoms with van der Waals surface area (Å²) in [5, 5.41) is 15.1. The lowest BCUT2D eigenvalue weighted by Crippen LogP contribution is -2.29. The zero-order valence-electron chi connectivity index (χ0n) is 17.1. The minimum atomic E-state index is -0.107. The number of hydrogen-bond donors (Lipinski definition) is 4. The predicted molar refractivity (Wildman–Crippen MR) is 121 cm³/mol. The van der Waals surface area contributed by atoms with E-state index in [1.54, 1.807) is 18.6 Å². The highest BCUT2D eigenvalue weighted by molar-refractivity contribution is 6.07. The largest absolute Gasteiger partial charge is 0.360 e. The molecule has 3 aromatic heterocycles. The Balaban J connectivity index is 1.46. The van der Waals surface area contributed by atoms with Crippen molar-refractivity contribution in [2.45, 2.75) is 19.9 Å². The van der Waals surface area contributed by atoms with E-state index in [-0.39, 0.29) is 11.9 Å². The van der Waals surface area contributed by atoms with Gasteiger partial charge in [0.1, 0.15) is 5.82 Å². The molecule has 8 nitrogen and oxygen atoms in total. The van der Waals surface area contributed by atoms with Gasteiger partial charge in [-0.1, -0.05) is 0 Å². The number of nitrogens with zero attached hydrogens (tertiary/aromatic N) is 3. The number of benzene rings is 2. The summed E-state index contributed by atoms with van der Waals surface area (Å²) < 4.78 is 0. The van der Waals surface area contributed by atoms with Crippen LogP contribution in [0.4, 0.5) is 11.5 Å². The Kier molecular flexibility index (Phi) is 4.59. The fraction of sp³-hybridized carbons (Fsp3) is 0.130. The van der Waals surface area contributed by atoms with Crippen LogP contribution in [0, 0.1) is 0 Å². The van der Waals surface area contributed by atoms with E-state index in [1.165, 1.54) is 0 Å². The first-order chi connectivity index (χ1) is 15.1. The zero-order chi connectivity index (χ0) is 21.4. The Morgan fingerprint density at radius 3 is 2.81 bits per heavy atom. The number of carbonyl (C=O) groups excluding carboxylic acids is 1. The average molecular weight is 411 g/mol. The van der Waals surface area contributed by atoms with Crippen LogP contribution in [0.5, 0.6) is 0 Å². The Bertz CT molecular complexity index is 1400. The minimum Gasteiger partial charge on any atom is -0.360 e. The van der Waals surface area contributed by atoms with Gasteiger partial charge in [-0.05, 0) is 56.3 Å². The maximum atomic E-state index is 12.5. The van der Waals surface area contributed by atoms with Crippen molar-refractivity contribution in [2.75, 3.05) is 5.32 Å². The quantitative estimate of drug-likeness (QED) is 0.343. The van der Waals surface area contributed by atoms with E-state index in [4.69, 9.17) is 0 Å². The van der Waals surface area contributed by atoms with Gasteiger partial charge in [-0.3, -0.25) is 9.89 Å². The first-order valence-electron chi connectivity index (χ1n) is 10.0. The van der Waals surface area contributed by atoms with E-state index in [2.05, 4.69) is 35.8 Å². The summed E-state index contributed by atoms with van der Waals surface area (Å²) >= 11 is 0. The second-order valence-electron chi connectivity index (χ2n) is 7.65. The number of H-pyrrole nitrogens is 2. The SMILES string of the molecule is CC(C)NC(=O)c1c[nH]c2ccc(-c3nccc(Nc4ccc5[nH]ncc5c4)n3)cc12. The molecule has 0 aliphatic carbocycles. The van der Waals surface area contributed by atoms with Gasteiger partial charge in [0.2, 0.25) is 0 Å². The molecule has 0 saturated heterocycles. The van der Waals surface area contributed by atoms with E-state index >= 15 is 0 Å². The van der Waals surface area contributed by atoms with Crippen LogP contribution in [-0.2, 0) is 0 Å². The fourth-order valence-corrected chi connectivity index (χ4v) is 3.52. The highest BCUT2D eigenvalue weighted by Crippen LogP contribution is 2.26. The molecule has 0 saturated carbocycles. The molecule has 0 atom stereocenters. The number of hydrogen-bond acceptors (Lipinski definition) is 5. The third-order valence-corrected chi connectivity index (χ3v) is 4.97. The number of aromatic nitrogens is 5. The molecule has 0 radical (unpaired) electrons. The summed E-state index contributed by atoms with van der Waals surface area (Å²) in [6, 6.07) is 13.6. The number of fused-ring (bicyclic) bond motifs is 2. The van der Waals surface area contributed by atoms with Gasteiger partial charge in [0, 0.05) is 46.0 Å². The Morgan fingerprint density at radius 2 is 1.94 bits per heavy atom. The van der Waals surface area contributed by atoms with Crippen molar-refractivity contribution in [3.8, 4) is 11.4 Å². The second kappa shape index (κ2) is 7.56. The third-order valence-electron chi connectivity index (χ3n) is 4.97. The molecule has 0 aliphatic heterocycles. The van der Waals surface area contributed by atoms with Gasteiger partial charge < -0.3 is 15.6 Å². The Labute approximate surface area is 178 Å². The normalized spacial score (nSPS) is 11.3. The van der Waals surface area contributed by atoms with Crippen LogP contribution in [0.1, 0.15) is 24.2 Å². The lowest BCUT2D eigenvalue weighted by atomic mass is 10.1. The number of amides is 1. The Morgan fingerprint density at radius 1 is 1.06 bits per heavy atom. The summed E-state index contributed by atoms with van der Waals surface area (Å²) in [7, 11) is 0. The van der Waals surface area contributed by atoms with Gasteiger partial charge in [-0.2, -0.15) is 5.10 Å². The molecule has 3 heterocycles. The Hall–Kier alpha value is -4.20. The highest BCUT2D eigenvalue weighted by atomic mass is 16.1. The van der Waals surface area contributed by atoms with E-state index in [0.717, 1.165) is 33.1 Å². The molecule has 1 amide bonds. The lowest BCUT2D eigenvalue weighted by molar-refractivity contribution is 0.0945. The van der Waals surface area contributed by atoms with E-state index in [9.17, 15) is 4.79 Å². The molecule has 0 spiro atoms. The average Bonchev–Trinajstić information content (AvgIpc) is 3.39. The molecule has 0 fully saturated rings. The number of carbonyl (C=O) groups is 1. The number of anilines is 2. The smallest absolute Gasteiger partial charge is 0.253 e. The van der Waals surface area contributed by atoms with Crippen LogP contribution >= 0.6 is 0 Å². The summed E-state index contributed by atoms with van der Waals surface area (Å²) in [4.78, 5) is 24.8. The summed E-state index contributed by atoms with van der Waals surface area (Å²) in [6.07, 6.45) is 5.23. The van der Waals surface area contributed by atoms with Gasteiger partial charge >= 0.3 is 0 Å². The van der Waals surface area contributed by atoms with Crippen LogP contribution in [0.3, 0.4) is 0 Å². The van der Waals surface area contributed by atoms with Crippen molar-refractivity contribution in [3.05, 3.63) is 66.6 Å². The van der Waals surface area contributed by atoms with Crippen LogP contribution in [0.2, 0.25) is 0 Å². The van der Waals surface area contributed by atoms with Crippen LogP contribution in [0.15, 0.2) is 61.1 Å². The second-order valence-corrected chi connectivity index (χ2v) is 7.65. The van der Waals surface area contributed by atoms with Crippen molar-refractivity contribution < 1.29 is 4.79 Å². The van der Waals surface area contributed by atoms with E-state index < -0.39 is 0 Å². The maximum absolute atomic E-state index is 12.5. The van der Waals surface area contributed by atoms with Crippen molar-refractivity contribution in [3.63, 3.8) is 0 Å². The number of aromatic amines is 2. The van der Waals surface area contributed by atoms with Crippen LogP contribution in [-0.4, -0.2) is 37.1 Å². The molecule has 2 aromatic carbocycles. The monoisotopic (exact) mass is 411 g/mol. The molecule has 5 rings (SSSR count). The summed E-state index contributed by atoms with van der Waals surface area (Å²) in [6.45, 7) is 3.88. The molecule has 154 valence electrons. The van der Waals surface area contributed by atoms with Crippen LogP contribution < -0.4 is 10.6 Å². The summed E-state index contributed by atoms with van der Waals surface area (Å²) in [5.74, 6) is 1.15. The van der Waals surface area contributed by atoms with Crippen molar-refractivity contribution in [1.29, 1.82) is 0 Å². The van der Waals surface area contributed by atoms with Gasteiger partial charge in [0.15, 0.2) is 5.82 Å². The fourth-order valence-electron chi connectivity index (χ4n) is 3.52. The van der Waals surface area contributed by atoms with Crippen molar-refractivity contribution >= 4 is 39.2 Å². The molecule has 5 aromatic rings. The molecule has 4 N–H and O–H groups in total. The van der Waals surface area contributed by atoms with Gasteiger partial charge in [0.25, 0.3) is 5.91 Å². The van der Waals surface area contributed by atoms with Gasteiger partial charge in [-0.25, -0.2) is 9.97 Å². The molecular weight excluding hydrogens is 390 g/mol. The molecule has 0 bridgehead atoms. The maximum Gasteiger partial charge on any atom is 0.253 e. The predicted octanol–water partition coefficient (Wildman–Crippen LogP) is 4.38. The third kappa shape index (κ3) is 3.71. The lowest BCUT2D eigenvalue weighted by Gasteiger charge is -2.09. The molecule has 0 unspecified atom stereocenters. The zero-order valence-corrected chi connectivity index (χ0v) is 17.1. The van der Waals surface area contributed by atoms with Crippen molar-refractivity contribution in [2.24, 2.45) is 0 Å². The first-order valence-corrected chi connectivity index (χ1v) is 10.0. The van der Waals surface area contributed by atoms with E-state index in [0.29, 0.717) is 17.2 Å². The standard InChI is InChI=1S/C23H21N7O/c1-13(2)27-23(31)18-12-25-20-5-3-14(10-17(18)20)22-24-8-7-21(29-22)28-16-4-6-19-15(9-16)11-26-30-19/h3-13,25H,1-2H3,(H,26,30)(H,27,31)(H,24,28,29). The number of rotatable bonds is 5. The molecule has 31 heavy (non-hydrogen) atoms. The van der Waals surface area contributed by atoms with E-state index in [1.807, 2.05) is 56.3 Å². The minimum absolute atomic E-state index is 0.0630. The molecule has 8 heteroatoms. The summed E-state index contributed by atoms with van der Waals surface area (Å²) in [5.41, 5.74) is 4.21. The van der Waals surface area contributed by atoms with Gasteiger partial charge in [0.05, 0.1) is 17.3 Å². The van der Waals surface area contributed by atoms with Crippen LogP contribution in [0.25, 0.3) is 33.2 Å².